The molecule has 2 aromatic heterocycles. The zero-order valence-corrected chi connectivity index (χ0v) is 10.8. The van der Waals surface area contributed by atoms with Crippen LogP contribution in [0.4, 0.5) is 0 Å². The SMILES string of the molecule is Cc1ccn2c(C3CCOCC3)nc(C(=O)O)c2c1. The molecular weight excluding hydrogens is 244 g/mol. The molecule has 1 saturated heterocycles. The Morgan fingerprint density at radius 2 is 2.21 bits per heavy atom. The van der Waals surface area contributed by atoms with Crippen molar-refractivity contribution in [1.29, 1.82) is 0 Å². The number of pyridine rings is 1. The molecule has 5 heteroatoms. The Bertz CT molecular complexity index is 627. The maximum Gasteiger partial charge on any atom is 0.356 e. The lowest BCUT2D eigenvalue weighted by molar-refractivity contribution is 0.0692. The number of hydrogen-bond acceptors (Lipinski definition) is 3. The predicted octanol–water partition coefficient (Wildman–Crippen LogP) is 2.23. The second kappa shape index (κ2) is 4.66. The van der Waals surface area contributed by atoms with Crippen molar-refractivity contribution in [3.05, 3.63) is 35.4 Å². The number of nitrogens with zero attached hydrogens (tertiary/aromatic N) is 2. The number of aryl methyl sites for hydroxylation is 1. The molecule has 2 aromatic rings. The summed E-state index contributed by atoms with van der Waals surface area (Å²) in [4.78, 5) is 15.7. The van der Waals surface area contributed by atoms with Gasteiger partial charge >= 0.3 is 5.97 Å². The van der Waals surface area contributed by atoms with Crippen LogP contribution in [0.1, 0.15) is 40.6 Å². The van der Waals surface area contributed by atoms with E-state index >= 15 is 0 Å². The number of carbonyl (C=O) groups is 1. The lowest BCUT2D eigenvalue weighted by Crippen LogP contribution is -2.16. The molecule has 0 aliphatic carbocycles. The fourth-order valence-electron chi connectivity index (χ4n) is 2.61. The molecule has 1 aliphatic heterocycles. The normalized spacial score (nSPS) is 16.9. The van der Waals surface area contributed by atoms with Crippen LogP contribution in [-0.2, 0) is 4.74 Å². The number of hydrogen-bond donors (Lipinski definition) is 1. The largest absolute Gasteiger partial charge is 0.476 e. The standard InChI is InChI=1S/C14H16N2O3/c1-9-2-5-16-11(8-9)12(14(17)18)15-13(16)10-3-6-19-7-4-10/h2,5,8,10H,3-4,6-7H2,1H3,(H,17,18). The van der Waals surface area contributed by atoms with Gasteiger partial charge in [-0.25, -0.2) is 9.78 Å². The van der Waals surface area contributed by atoms with E-state index in [1.807, 2.05) is 29.7 Å². The maximum absolute atomic E-state index is 11.3. The van der Waals surface area contributed by atoms with Gasteiger partial charge < -0.3 is 14.2 Å². The molecule has 1 fully saturated rings. The Morgan fingerprint density at radius 3 is 2.89 bits per heavy atom. The molecule has 5 nitrogen and oxygen atoms in total. The third-order valence-electron chi connectivity index (χ3n) is 3.62. The van der Waals surface area contributed by atoms with Crippen LogP contribution in [0.15, 0.2) is 18.3 Å². The Labute approximate surface area is 110 Å². The summed E-state index contributed by atoms with van der Waals surface area (Å²) in [5.41, 5.74) is 1.85. The minimum absolute atomic E-state index is 0.144. The number of rotatable bonds is 2. The third kappa shape index (κ3) is 2.10. The minimum atomic E-state index is -0.971. The van der Waals surface area contributed by atoms with Crippen molar-refractivity contribution in [2.45, 2.75) is 25.7 Å². The number of imidazole rings is 1. The Morgan fingerprint density at radius 1 is 1.47 bits per heavy atom. The number of carboxylic acid groups (broad SMARTS) is 1. The fourth-order valence-corrected chi connectivity index (χ4v) is 2.61. The topological polar surface area (TPSA) is 63.8 Å². The molecule has 0 aromatic carbocycles. The molecular formula is C14H16N2O3. The van der Waals surface area contributed by atoms with Crippen molar-refractivity contribution < 1.29 is 14.6 Å². The van der Waals surface area contributed by atoms with E-state index in [0.717, 1.165) is 24.2 Å². The van der Waals surface area contributed by atoms with Crippen LogP contribution in [0.2, 0.25) is 0 Å². The predicted molar refractivity (Wildman–Crippen MR) is 69.7 cm³/mol. The van der Waals surface area contributed by atoms with Gasteiger partial charge in [0.2, 0.25) is 0 Å². The number of aromatic carboxylic acids is 1. The first-order valence-corrected chi connectivity index (χ1v) is 6.46. The Hall–Kier alpha value is -1.88. The van der Waals surface area contributed by atoms with E-state index in [1.165, 1.54) is 0 Å². The van der Waals surface area contributed by atoms with Gasteiger partial charge in [0.15, 0.2) is 5.69 Å². The quantitative estimate of drug-likeness (QED) is 0.899. The third-order valence-corrected chi connectivity index (χ3v) is 3.62. The molecule has 0 saturated carbocycles. The number of fused-ring (bicyclic) bond motifs is 1. The smallest absolute Gasteiger partial charge is 0.356 e. The average Bonchev–Trinajstić information content (AvgIpc) is 2.78. The molecule has 19 heavy (non-hydrogen) atoms. The molecule has 0 atom stereocenters. The molecule has 100 valence electrons. The van der Waals surface area contributed by atoms with Crippen LogP contribution in [0.25, 0.3) is 5.52 Å². The molecule has 3 heterocycles. The Balaban J connectivity index is 2.16. The summed E-state index contributed by atoms with van der Waals surface area (Å²) >= 11 is 0. The van der Waals surface area contributed by atoms with Gasteiger partial charge in [-0.2, -0.15) is 0 Å². The second-order valence-electron chi connectivity index (χ2n) is 4.97. The van der Waals surface area contributed by atoms with Crippen LogP contribution in [0.5, 0.6) is 0 Å². The summed E-state index contributed by atoms with van der Waals surface area (Å²) in [7, 11) is 0. The summed E-state index contributed by atoms with van der Waals surface area (Å²) in [5.74, 6) is 0.147. The molecule has 1 N–H and O–H groups in total. The zero-order valence-electron chi connectivity index (χ0n) is 10.8. The van der Waals surface area contributed by atoms with E-state index in [2.05, 4.69) is 4.98 Å². The highest BCUT2D eigenvalue weighted by Gasteiger charge is 2.24. The van der Waals surface area contributed by atoms with Gasteiger partial charge in [-0.1, -0.05) is 0 Å². The summed E-state index contributed by atoms with van der Waals surface area (Å²) < 4.78 is 7.26. The van der Waals surface area contributed by atoms with Crippen molar-refractivity contribution in [3.63, 3.8) is 0 Å². The molecule has 0 amide bonds. The molecule has 0 unspecified atom stereocenters. The van der Waals surface area contributed by atoms with Crippen molar-refractivity contribution >= 4 is 11.5 Å². The molecule has 3 rings (SSSR count). The van der Waals surface area contributed by atoms with E-state index in [0.29, 0.717) is 18.7 Å². The zero-order chi connectivity index (χ0) is 13.4. The van der Waals surface area contributed by atoms with Gasteiger partial charge in [0.25, 0.3) is 0 Å². The lowest BCUT2D eigenvalue weighted by Gasteiger charge is -2.20. The molecule has 1 aliphatic rings. The van der Waals surface area contributed by atoms with Gasteiger partial charge in [-0.15, -0.1) is 0 Å². The van der Waals surface area contributed by atoms with Gasteiger partial charge in [0.05, 0.1) is 5.52 Å². The lowest BCUT2D eigenvalue weighted by atomic mass is 9.99. The van der Waals surface area contributed by atoms with Crippen molar-refractivity contribution in [2.24, 2.45) is 0 Å². The number of ether oxygens (including phenoxy) is 1. The molecule has 0 spiro atoms. The summed E-state index contributed by atoms with van der Waals surface area (Å²) in [6.07, 6.45) is 3.70. The van der Waals surface area contributed by atoms with Crippen LogP contribution in [0, 0.1) is 6.92 Å². The highest BCUT2D eigenvalue weighted by molar-refractivity contribution is 5.93. The maximum atomic E-state index is 11.3. The first-order chi connectivity index (χ1) is 9.16. The second-order valence-corrected chi connectivity index (χ2v) is 4.97. The van der Waals surface area contributed by atoms with E-state index in [4.69, 9.17) is 4.74 Å². The minimum Gasteiger partial charge on any atom is -0.476 e. The monoisotopic (exact) mass is 260 g/mol. The van der Waals surface area contributed by atoms with Gasteiger partial charge in [-0.3, -0.25) is 0 Å². The van der Waals surface area contributed by atoms with E-state index in [9.17, 15) is 9.90 Å². The summed E-state index contributed by atoms with van der Waals surface area (Å²) in [6.45, 7) is 3.38. The highest BCUT2D eigenvalue weighted by atomic mass is 16.5. The van der Waals surface area contributed by atoms with Crippen LogP contribution in [-0.4, -0.2) is 33.7 Å². The van der Waals surface area contributed by atoms with Crippen LogP contribution < -0.4 is 0 Å². The van der Waals surface area contributed by atoms with Gasteiger partial charge in [0, 0.05) is 25.3 Å². The first-order valence-electron chi connectivity index (χ1n) is 6.46. The van der Waals surface area contributed by atoms with Gasteiger partial charge in [-0.05, 0) is 37.5 Å². The molecule has 0 radical (unpaired) electrons. The number of carboxylic acids is 1. The van der Waals surface area contributed by atoms with Gasteiger partial charge in [0.1, 0.15) is 5.82 Å². The van der Waals surface area contributed by atoms with Crippen molar-refractivity contribution in [1.82, 2.24) is 9.38 Å². The molecule has 0 bridgehead atoms. The van der Waals surface area contributed by atoms with Crippen LogP contribution >= 0.6 is 0 Å². The number of aromatic nitrogens is 2. The van der Waals surface area contributed by atoms with E-state index < -0.39 is 5.97 Å². The highest BCUT2D eigenvalue weighted by Crippen LogP contribution is 2.28. The first kappa shape index (κ1) is 12.2. The fraction of sp³-hybridized carbons (Fsp3) is 0.429. The van der Waals surface area contributed by atoms with Crippen molar-refractivity contribution in [3.8, 4) is 0 Å². The summed E-state index contributed by atoms with van der Waals surface area (Å²) in [6, 6.07) is 3.85. The van der Waals surface area contributed by atoms with Crippen molar-refractivity contribution in [2.75, 3.05) is 13.2 Å². The average molecular weight is 260 g/mol. The van der Waals surface area contributed by atoms with Crippen LogP contribution in [0.3, 0.4) is 0 Å². The summed E-state index contributed by atoms with van der Waals surface area (Å²) in [5, 5.41) is 9.28. The van der Waals surface area contributed by atoms with E-state index in [-0.39, 0.29) is 11.6 Å². The van der Waals surface area contributed by atoms with E-state index in [1.54, 1.807) is 0 Å². The Kier molecular flexibility index (Phi) is 2.98.